The lowest BCUT2D eigenvalue weighted by molar-refractivity contribution is 0.0238. The van der Waals surface area contributed by atoms with Crippen LogP contribution in [-0.2, 0) is 0 Å². The van der Waals surface area contributed by atoms with Gasteiger partial charge in [0.25, 0.3) is 0 Å². The van der Waals surface area contributed by atoms with Crippen LogP contribution in [0.4, 0.5) is 0 Å². The average molecular weight is 273 g/mol. The van der Waals surface area contributed by atoms with E-state index in [9.17, 15) is 5.11 Å². The highest BCUT2D eigenvalue weighted by Crippen LogP contribution is 2.51. The first-order valence-corrected chi connectivity index (χ1v) is 6.98. The molecule has 2 rings (SSSR count). The van der Waals surface area contributed by atoms with Crippen LogP contribution in [-0.4, -0.2) is 5.11 Å². The standard InChI is InChI=1S/C14H18Cl2O/c1-2-14(7-3-4-8-14)13(17)11-9-10(15)5-6-12(11)16/h5-6,9,13,17H,2-4,7-8H2,1H3. The summed E-state index contributed by atoms with van der Waals surface area (Å²) in [7, 11) is 0. The van der Waals surface area contributed by atoms with Gasteiger partial charge in [-0.3, -0.25) is 0 Å². The Bertz CT molecular complexity index is 397. The quantitative estimate of drug-likeness (QED) is 0.821. The van der Waals surface area contributed by atoms with Crippen LogP contribution in [0.15, 0.2) is 18.2 Å². The van der Waals surface area contributed by atoms with Gasteiger partial charge < -0.3 is 5.11 Å². The van der Waals surface area contributed by atoms with Gasteiger partial charge in [0.2, 0.25) is 0 Å². The molecule has 1 atom stereocenters. The van der Waals surface area contributed by atoms with Gasteiger partial charge in [0.15, 0.2) is 0 Å². The van der Waals surface area contributed by atoms with E-state index in [4.69, 9.17) is 23.2 Å². The number of benzene rings is 1. The van der Waals surface area contributed by atoms with E-state index in [2.05, 4.69) is 6.92 Å². The Balaban J connectivity index is 2.35. The highest BCUT2D eigenvalue weighted by Gasteiger charge is 2.40. The molecule has 1 saturated carbocycles. The molecule has 0 spiro atoms. The zero-order chi connectivity index (χ0) is 12.5. The highest BCUT2D eigenvalue weighted by atomic mass is 35.5. The molecule has 1 N–H and O–H groups in total. The summed E-state index contributed by atoms with van der Waals surface area (Å²) in [6.07, 6.45) is 5.03. The van der Waals surface area contributed by atoms with Gasteiger partial charge in [0.1, 0.15) is 0 Å². The largest absolute Gasteiger partial charge is 0.388 e. The molecule has 0 heterocycles. The molecular weight excluding hydrogens is 255 g/mol. The molecule has 1 aliphatic rings. The third-order valence-electron chi connectivity index (χ3n) is 4.14. The van der Waals surface area contributed by atoms with Crippen molar-refractivity contribution in [3.63, 3.8) is 0 Å². The molecule has 1 aliphatic carbocycles. The van der Waals surface area contributed by atoms with Gasteiger partial charge in [-0.25, -0.2) is 0 Å². The molecule has 1 nitrogen and oxygen atoms in total. The number of halogens is 2. The predicted octanol–water partition coefficient (Wildman–Crippen LogP) is 5.00. The molecule has 1 unspecified atom stereocenters. The van der Waals surface area contributed by atoms with Crippen LogP contribution in [0.2, 0.25) is 10.0 Å². The number of aliphatic hydroxyl groups excluding tert-OH is 1. The lowest BCUT2D eigenvalue weighted by atomic mass is 9.75. The first-order chi connectivity index (χ1) is 8.09. The van der Waals surface area contributed by atoms with Gasteiger partial charge in [0.05, 0.1) is 6.10 Å². The lowest BCUT2D eigenvalue weighted by Gasteiger charge is -2.34. The fourth-order valence-electron chi connectivity index (χ4n) is 2.95. The van der Waals surface area contributed by atoms with Crippen LogP contribution in [0.1, 0.15) is 50.7 Å². The van der Waals surface area contributed by atoms with E-state index in [1.165, 1.54) is 12.8 Å². The van der Waals surface area contributed by atoms with Crippen molar-refractivity contribution in [2.45, 2.75) is 45.1 Å². The van der Waals surface area contributed by atoms with Crippen LogP contribution in [0.3, 0.4) is 0 Å². The topological polar surface area (TPSA) is 20.2 Å². The van der Waals surface area contributed by atoms with Crippen molar-refractivity contribution >= 4 is 23.2 Å². The van der Waals surface area contributed by atoms with E-state index < -0.39 is 6.10 Å². The first-order valence-electron chi connectivity index (χ1n) is 6.22. The summed E-state index contributed by atoms with van der Waals surface area (Å²) in [4.78, 5) is 0. The van der Waals surface area contributed by atoms with E-state index in [0.717, 1.165) is 24.8 Å². The van der Waals surface area contributed by atoms with Crippen molar-refractivity contribution in [1.29, 1.82) is 0 Å². The fourth-order valence-corrected chi connectivity index (χ4v) is 3.35. The second-order valence-electron chi connectivity index (χ2n) is 4.99. The molecular formula is C14H18Cl2O. The second kappa shape index (κ2) is 5.17. The summed E-state index contributed by atoms with van der Waals surface area (Å²) in [5.74, 6) is 0. The Hall–Kier alpha value is -0.240. The molecule has 0 amide bonds. The monoisotopic (exact) mass is 272 g/mol. The highest BCUT2D eigenvalue weighted by molar-refractivity contribution is 6.33. The Morgan fingerprint density at radius 2 is 1.94 bits per heavy atom. The van der Waals surface area contributed by atoms with Crippen molar-refractivity contribution in [3.05, 3.63) is 33.8 Å². The summed E-state index contributed by atoms with van der Waals surface area (Å²) >= 11 is 12.2. The van der Waals surface area contributed by atoms with Gasteiger partial charge in [-0.2, -0.15) is 0 Å². The molecule has 0 aliphatic heterocycles. The maximum Gasteiger partial charge on any atom is 0.0860 e. The molecule has 1 aromatic carbocycles. The van der Waals surface area contributed by atoms with Crippen LogP contribution in [0, 0.1) is 5.41 Å². The van der Waals surface area contributed by atoms with E-state index in [1.54, 1.807) is 18.2 Å². The molecule has 3 heteroatoms. The van der Waals surface area contributed by atoms with E-state index in [-0.39, 0.29) is 5.41 Å². The zero-order valence-electron chi connectivity index (χ0n) is 10.0. The smallest absolute Gasteiger partial charge is 0.0860 e. The molecule has 94 valence electrons. The summed E-state index contributed by atoms with van der Waals surface area (Å²) in [6.45, 7) is 2.15. The zero-order valence-corrected chi connectivity index (χ0v) is 11.6. The Morgan fingerprint density at radius 1 is 1.29 bits per heavy atom. The number of aliphatic hydroxyl groups is 1. The average Bonchev–Trinajstić information content (AvgIpc) is 2.81. The minimum Gasteiger partial charge on any atom is -0.388 e. The minimum atomic E-state index is -0.499. The first kappa shape index (κ1) is 13.2. The Kier molecular flexibility index (Phi) is 4.02. The number of rotatable bonds is 3. The Labute approximate surface area is 113 Å². The number of hydrogen-bond acceptors (Lipinski definition) is 1. The lowest BCUT2D eigenvalue weighted by Crippen LogP contribution is -2.25. The SMILES string of the molecule is CCC1(C(O)c2cc(Cl)ccc2Cl)CCCC1. The normalized spacial score (nSPS) is 20.5. The summed E-state index contributed by atoms with van der Waals surface area (Å²) in [5, 5.41) is 11.9. The minimum absolute atomic E-state index is 0.00563. The molecule has 0 aromatic heterocycles. The van der Waals surface area contributed by atoms with Crippen molar-refractivity contribution in [1.82, 2.24) is 0 Å². The van der Waals surface area contributed by atoms with E-state index in [1.807, 2.05) is 0 Å². The van der Waals surface area contributed by atoms with E-state index in [0.29, 0.717) is 10.0 Å². The van der Waals surface area contributed by atoms with Crippen molar-refractivity contribution in [2.24, 2.45) is 5.41 Å². The summed E-state index contributed by atoms with van der Waals surface area (Å²) in [6, 6.07) is 5.32. The number of hydrogen-bond donors (Lipinski definition) is 1. The molecule has 0 saturated heterocycles. The maximum absolute atomic E-state index is 10.6. The van der Waals surface area contributed by atoms with Crippen molar-refractivity contribution in [2.75, 3.05) is 0 Å². The molecule has 0 radical (unpaired) electrons. The molecule has 0 bridgehead atoms. The van der Waals surface area contributed by atoms with Crippen LogP contribution in [0.5, 0.6) is 0 Å². The van der Waals surface area contributed by atoms with Crippen molar-refractivity contribution < 1.29 is 5.11 Å². The second-order valence-corrected chi connectivity index (χ2v) is 5.84. The third-order valence-corrected chi connectivity index (χ3v) is 4.72. The van der Waals surface area contributed by atoms with Crippen molar-refractivity contribution in [3.8, 4) is 0 Å². The molecule has 1 fully saturated rings. The van der Waals surface area contributed by atoms with E-state index >= 15 is 0 Å². The van der Waals surface area contributed by atoms with Gasteiger partial charge >= 0.3 is 0 Å². The van der Waals surface area contributed by atoms with Gasteiger partial charge in [-0.15, -0.1) is 0 Å². The maximum atomic E-state index is 10.6. The van der Waals surface area contributed by atoms with Crippen LogP contribution < -0.4 is 0 Å². The molecule has 1 aromatic rings. The Morgan fingerprint density at radius 3 is 2.53 bits per heavy atom. The van der Waals surface area contributed by atoms with Gasteiger partial charge in [-0.1, -0.05) is 43.0 Å². The fraction of sp³-hybridized carbons (Fsp3) is 0.571. The van der Waals surface area contributed by atoms with Crippen LogP contribution >= 0.6 is 23.2 Å². The third kappa shape index (κ3) is 2.47. The van der Waals surface area contributed by atoms with Crippen LogP contribution in [0.25, 0.3) is 0 Å². The van der Waals surface area contributed by atoms with Gasteiger partial charge in [-0.05, 0) is 37.5 Å². The van der Waals surface area contributed by atoms with Gasteiger partial charge in [0, 0.05) is 21.0 Å². The summed E-state index contributed by atoms with van der Waals surface area (Å²) < 4.78 is 0. The molecule has 17 heavy (non-hydrogen) atoms. The summed E-state index contributed by atoms with van der Waals surface area (Å²) in [5.41, 5.74) is 0.775. The predicted molar refractivity (Wildman–Crippen MR) is 72.6 cm³/mol.